The summed E-state index contributed by atoms with van der Waals surface area (Å²) in [5, 5.41) is 18.2. The summed E-state index contributed by atoms with van der Waals surface area (Å²) in [5.41, 5.74) is 1.93. The van der Waals surface area contributed by atoms with Gasteiger partial charge in [0.25, 0.3) is 0 Å². The quantitative estimate of drug-likeness (QED) is 0.817. The van der Waals surface area contributed by atoms with E-state index < -0.39 is 12.9 Å². The van der Waals surface area contributed by atoms with Gasteiger partial charge in [0.2, 0.25) is 0 Å². The Kier molecular flexibility index (Phi) is 4.83. The van der Waals surface area contributed by atoms with E-state index in [2.05, 4.69) is 0 Å². The minimum Gasteiger partial charge on any atom is -0.496 e. The summed E-state index contributed by atoms with van der Waals surface area (Å²) in [4.78, 5) is 0. The molecule has 2 aromatic rings. The van der Waals surface area contributed by atoms with Gasteiger partial charge in [0, 0.05) is 11.6 Å². The number of halogens is 1. The van der Waals surface area contributed by atoms with Gasteiger partial charge in [-0.25, -0.2) is 4.39 Å². The summed E-state index contributed by atoms with van der Waals surface area (Å²) in [7, 11) is -0.173. The van der Waals surface area contributed by atoms with Crippen LogP contribution in [0.25, 0.3) is 0 Å². The third-order valence-electron chi connectivity index (χ3n) is 3.02. The van der Waals surface area contributed by atoms with Gasteiger partial charge < -0.3 is 19.5 Å². The van der Waals surface area contributed by atoms with Gasteiger partial charge in [-0.15, -0.1) is 0 Å². The fourth-order valence-electron chi connectivity index (χ4n) is 2.00. The molecule has 0 saturated heterocycles. The Labute approximate surface area is 122 Å². The average Bonchev–Trinajstić information content (AvgIpc) is 2.44. The Morgan fingerprint density at radius 1 is 1.14 bits per heavy atom. The highest BCUT2D eigenvalue weighted by Gasteiger charge is 2.14. The summed E-state index contributed by atoms with van der Waals surface area (Å²) in [6, 6.07) is 9.29. The van der Waals surface area contributed by atoms with Crippen LogP contribution in [-0.2, 0) is 6.61 Å². The minimum atomic E-state index is -1.74. The first-order chi connectivity index (χ1) is 9.99. The molecule has 0 amide bonds. The summed E-state index contributed by atoms with van der Waals surface area (Å²) in [6.45, 7) is 2.14. The molecule has 21 heavy (non-hydrogen) atoms. The van der Waals surface area contributed by atoms with E-state index in [1.54, 1.807) is 7.11 Å². The van der Waals surface area contributed by atoms with E-state index in [0.717, 1.165) is 17.2 Å². The molecule has 0 spiro atoms. The molecule has 110 valence electrons. The summed E-state index contributed by atoms with van der Waals surface area (Å²) < 4.78 is 24.2. The molecule has 0 aliphatic rings. The lowest BCUT2D eigenvalue weighted by molar-refractivity contribution is 0.295. The first kappa shape index (κ1) is 15.3. The van der Waals surface area contributed by atoms with Gasteiger partial charge in [-0.1, -0.05) is 11.6 Å². The number of methoxy groups -OCH3 is 1. The molecule has 2 rings (SSSR count). The molecule has 0 saturated carbocycles. The summed E-state index contributed by atoms with van der Waals surface area (Å²) in [5.74, 6) is 0.313. The molecule has 0 heterocycles. The number of ether oxygens (including phenoxy) is 2. The second-order valence-electron chi connectivity index (χ2n) is 4.70. The van der Waals surface area contributed by atoms with E-state index in [0.29, 0.717) is 5.75 Å². The number of rotatable bonds is 5. The molecule has 4 nitrogen and oxygen atoms in total. The Bertz CT molecular complexity index is 631. The SMILES string of the molecule is COc1ccc(C)cc1COc1cc(F)cc(B(O)O)c1. The van der Waals surface area contributed by atoms with Crippen LogP contribution in [0.15, 0.2) is 36.4 Å². The molecule has 2 aromatic carbocycles. The molecule has 0 fully saturated rings. The molecule has 2 N–H and O–H groups in total. The maximum Gasteiger partial charge on any atom is 0.488 e. The third-order valence-corrected chi connectivity index (χ3v) is 3.02. The van der Waals surface area contributed by atoms with Crippen LogP contribution in [0.1, 0.15) is 11.1 Å². The molecule has 0 bridgehead atoms. The van der Waals surface area contributed by atoms with Crippen molar-refractivity contribution in [1.82, 2.24) is 0 Å². The second kappa shape index (κ2) is 6.60. The van der Waals surface area contributed by atoms with Crippen LogP contribution in [0.4, 0.5) is 4.39 Å². The zero-order valence-electron chi connectivity index (χ0n) is 11.8. The van der Waals surface area contributed by atoms with E-state index in [1.165, 1.54) is 12.1 Å². The van der Waals surface area contributed by atoms with Crippen molar-refractivity contribution in [3.8, 4) is 11.5 Å². The normalized spacial score (nSPS) is 10.3. The Hall–Kier alpha value is -2.05. The lowest BCUT2D eigenvalue weighted by Gasteiger charge is -2.12. The highest BCUT2D eigenvalue weighted by Crippen LogP contribution is 2.22. The monoisotopic (exact) mass is 290 g/mol. The lowest BCUT2D eigenvalue weighted by Crippen LogP contribution is -2.30. The van der Waals surface area contributed by atoms with Gasteiger partial charge >= 0.3 is 7.12 Å². The fraction of sp³-hybridized carbons (Fsp3) is 0.200. The number of aryl methyl sites for hydroxylation is 1. The zero-order valence-corrected chi connectivity index (χ0v) is 11.8. The molecule has 6 heteroatoms. The standard InChI is InChI=1S/C15H16BFO4/c1-10-3-4-15(20-2)11(5-10)9-21-14-7-12(16(18)19)6-13(17)8-14/h3-8,18-19H,9H2,1-2H3. The van der Waals surface area contributed by atoms with E-state index in [4.69, 9.17) is 19.5 Å². The first-order valence-electron chi connectivity index (χ1n) is 6.42. The smallest absolute Gasteiger partial charge is 0.488 e. The van der Waals surface area contributed by atoms with Crippen molar-refractivity contribution in [2.45, 2.75) is 13.5 Å². The highest BCUT2D eigenvalue weighted by molar-refractivity contribution is 6.58. The number of benzene rings is 2. The zero-order chi connectivity index (χ0) is 15.4. The maximum absolute atomic E-state index is 13.4. The molecule has 0 aliphatic carbocycles. The van der Waals surface area contributed by atoms with Gasteiger partial charge in [-0.2, -0.15) is 0 Å². The van der Waals surface area contributed by atoms with Gasteiger partial charge in [0.1, 0.15) is 23.9 Å². The van der Waals surface area contributed by atoms with Crippen molar-refractivity contribution >= 4 is 12.6 Å². The van der Waals surface area contributed by atoms with Crippen molar-refractivity contribution < 1.29 is 23.9 Å². The van der Waals surface area contributed by atoms with E-state index >= 15 is 0 Å². The molecule has 0 aliphatic heterocycles. The first-order valence-corrected chi connectivity index (χ1v) is 6.42. The van der Waals surface area contributed by atoms with Crippen LogP contribution in [0.3, 0.4) is 0 Å². The molecule has 0 aromatic heterocycles. The topological polar surface area (TPSA) is 58.9 Å². The third kappa shape index (κ3) is 3.96. The van der Waals surface area contributed by atoms with Crippen molar-refractivity contribution in [3.05, 3.63) is 53.3 Å². The van der Waals surface area contributed by atoms with Crippen LogP contribution >= 0.6 is 0 Å². The molecular weight excluding hydrogens is 274 g/mol. The highest BCUT2D eigenvalue weighted by atomic mass is 19.1. The lowest BCUT2D eigenvalue weighted by atomic mass is 9.80. The molecular formula is C15H16BFO4. The van der Waals surface area contributed by atoms with Crippen molar-refractivity contribution in [1.29, 1.82) is 0 Å². The van der Waals surface area contributed by atoms with Gasteiger partial charge in [0.05, 0.1) is 7.11 Å². The average molecular weight is 290 g/mol. The summed E-state index contributed by atoms with van der Waals surface area (Å²) in [6.07, 6.45) is 0. The van der Waals surface area contributed by atoms with E-state index in [9.17, 15) is 4.39 Å². The van der Waals surface area contributed by atoms with Crippen LogP contribution in [0.2, 0.25) is 0 Å². The number of hydrogen-bond acceptors (Lipinski definition) is 4. The van der Waals surface area contributed by atoms with Crippen molar-refractivity contribution in [2.75, 3.05) is 7.11 Å². The molecule has 0 radical (unpaired) electrons. The van der Waals surface area contributed by atoms with Crippen LogP contribution < -0.4 is 14.9 Å². The van der Waals surface area contributed by atoms with Crippen LogP contribution in [-0.4, -0.2) is 24.3 Å². The predicted octanol–water partition coefficient (Wildman–Crippen LogP) is 1.40. The Morgan fingerprint density at radius 2 is 1.90 bits per heavy atom. The maximum atomic E-state index is 13.4. The Balaban J connectivity index is 2.18. The summed E-state index contributed by atoms with van der Waals surface area (Å²) >= 11 is 0. The minimum absolute atomic E-state index is 0.0428. The van der Waals surface area contributed by atoms with Crippen LogP contribution in [0, 0.1) is 12.7 Å². The molecule has 0 atom stereocenters. The van der Waals surface area contributed by atoms with Gasteiger partial charge in [-0.05, 0) is 36.7 Å². The van der Waals surface area contributed by atoms with Gasteiger partial charge in [0.15, 0.2) is 0 Å². The van der Waals surface area contributed by atoms with Crippen LogP contribution in [0.5, 0.6) is 11.5 Å². The van der Waals surface area contributed by atoms with E-state index in [1.807, 2.05) is 25.1 Å². The second-order valence-corrected chi connectivity index (χ2v) is 4.70. The van der Waals surface area contributed by atoms with E-state index in [-0.39, 0.29) is 17.8 Å². The van der Waals surface area contributed by atoms with Crippen molar-refractivity contribution in [3.63, 3.8) is 0 Å². The predicted molar refractivity (Wildman–Crippen MR) is 78.3 cm³/mol. The molecule has 0 unspecified atom stereocenters. The van der Waals surface area contributed by atoms with Gasteiger partial charge in [-0.3, -0.25) is 0 Å². The number of hydrogen-bond donors (Lipinski definition) is 2. The van der Waals surface area contributed by atoms with Crippen molar-refractivity contribution in [2.24, 2.45) is 0 Å². The Morgan fingerprint density at radius 3 is 2.57 bits per heavy atom. The largest absolute Gasteiger partial charge is 0.496 e. The fourth-order valence-corrected chi connectivity index (χ4v) is 2.00.